The second-order valence-electron chi connectivity index (χ2n) is 7.89. The van der Waals surface area contributed by atoms with Crippen LogP contribution in [0, 0.1) is 6.92 Å². The van der Waals surface area contributed by atoms with Crippen molar-refractivity contribution < 1.29 is 14.3 Å². The quantitative estimate of drug-likeness (QED) is 0.359. The highest BCUT2D eigenvalue weighted by atomic mass is 32.1. The van der Waals surface area contributed by atoms with E-state index in [1.165, 1.54) is 33.8 Å². The Kier molecular flexibility index (Phi) is 7.22. The first-order chi connectivity index (χ1) is 16.9. The van der Waals surface area contributed by atoms with Gasteiger partial charge in [-0.15, -0.1) is 11.3 Å². The summed E-state index contributed by atoms with van der Waals surface area (Å²) in [6.45, 7) is 5.95. The van der Waals surface area contributed by atoms with Crippen LogP contribution in [-0.2, 0) is 11.2 Å². The molecule has 0 aliphatic carbocycles. The smallest absolute Gasteiger partial charge is 0.341 e. The molecule has 2 aromatic carbocycles. The van der Waals surface area contributed by atoms with Crippen molar-refractivity contribution in [3.05, 3.63) is 98.8 Å². The van der Waals surface area contributed by atoms with Crippen LogP contribution in [0.4, 0.5) is 5.00 Å². The molecule has 0 atom stereocenters. The summed E-state index contributed by atoms with van der Waals surface area (Å²) in [6, 6.07) is 16.7. The zero-order chi connectivity index (χ0) is 24.9. The fourth-order valence-electron chi connectivity index (χ4n) is 3.56. The fourth-order valence-corrected chi connectivity index (χ4v) is 4.51. The highest BCUT2D eigenvalue weighted by Gasteiger charge is 2.24. The van der Waals surface area contributed by atoms with Gasteiger partial charge in [0.2, 0.25) is 5.43 Å². The van der Waals surface area contributed by atoms with Gasteiger partial charge in [0.1, 0.15) is 10.6 Å². The van der Waals surface area contributed by atoms with Gasteiger partial charge in [0.25, 0.3) is 5.91 Å². The standard InChI is InChI=1S/C27H25N3O4S/c1-4-18-8-12-20(13-9-18)30-15-14-22(31)24(29-30)25(32)28-26-23(27(33)34-5-2)21(16-35-26)19-10-6-17(3)7-11-19/h6-16H,4-5H2,1-3H3,(H,28,32). The molecule has 1 N–H and O–H groups in total. The van der Waals surface area contributed by atoms with E-state index in [1.807, 2.05) is 55.5 Å². The number of aryl methyl sites for hydroxylation is 2. The maximum absolute atomic E-state index is 13.1. The van der Waals surface area contributed by atoms with Crippen molar-refractivity contribution in [1.82, 2.24) is 9.78 Å². The molecule has 0 unspecified atom stereocenters. The minimum absolute atomic E-state index is 0.192. The third-order valence-corrected chi connectivity index (χ3v) is 6.39. The highest BCUT2D eigenvalue weighted by Crippen LogP contribution is 2.36. The zero-order valence-corrected chi connectivity index (χ0v) is 20.5. The Balaban J connectivity index is 1.68. The molecule has 2 aromatic heterocycles. The van der Waals surface area contributed by atoms with Gasteiger partial charge < -0.3 is 10.1 Å². The number of amides is 1. The monoisotopic (exact) mass is 487 g/mol. The number of rotatable bonds is 7. The third kappa shape index (κ3) is 5.22. The number of anilines is 1. The molecule has 0 spiro atoms. The summed E-state index contributed by atoms with van der Waals surface area (Å²) in [5.74, 6) is -1.24. The van der Waals surface area contributed by atoms with Crippen molar-refractivity contribution in [2.75, 3.05) is 11.9 Å². The Morgan fingerprint density at radius 2 is 1.74 bits per heavy atom. The first-order valence-corrected chi connectivity index (χ1v) is 12.2. The third-order valence-electron chi connectivity index (χ3n) is 5.49. The number of ether oxygens (including phenoxy) is 1. The van der Waals surface area contributed by atoms with Crippen LogP contribution < -0.4 is 10.7 Å². The van der Waals surface area contributed by atoms with Gasteiger partial charge in [-0.3, -0.25) is 9.59 Å². The first-order valence-electron chi connectivity index (χ1n) is 11.3. The SMILES string of the molecule is CCOC(=O)c1c(-c2ccc(C)cc2)csc1NC(=O)c1nn(-c2ccc(CC)cc2)ccc1=O. The highest BCUT2D eigenvalue weighted by molar-refractivity contribution is 7.15. The van der Waals surface area contributed by atoms with Gasteiger partial charge in [-0.1, -0.05) is 48.9 Å². The van der Waals surface area contributed by atoms with Crippen molar-refractivity contribution >= 4 is 28.2 Å². The summed E-state index contributed by atoms with van der Waals surface area (Å²) < 4.78 is 6.73. The lowest BCUT2D eigenvalue weighted by Gasteiger charge is -2.10. The summed E-state index contributed by atoms with van der Waals surface area (Å²) in [4.78, 5) is 38.4. The molecule has 8 heteroatoms. The molecule has 4 aromatic rings. The fraction of sp³-hybridized carbons (Fsp3) is 0.185. The Labute approximate surface area is 207 Å². The van der Waals surface area contributed by atoms with Crippen LogP contribution in [0.25, 0.3) is 16.8 Å². The number of nitrogens with zero attached hydrogens (tertiary/aromatic N) is 2. The van der Waals surface area contributed by atoms with E-state index < -0.39 is 17.3 Å². The van der Waals surface area contributed by atoms with Gasteiger partial charge in [-0.05, 0) is 43.5 Å². The largest absolute Gasteiger partial charge is 0.462 e. The molecule has 4 rings (SSSR count). The molecule has 0 saturated carbocycles. The number of benzene rings is 2. The van der Waals surface area contributed by atoms with Gasteiger partial charge in [0, 0.05) is 23.2 Å². The number of aromatic nitrogens is 2. The van der Waals surface area contributed by atoms with E-state index in [2.05, 4.69) is 17.3 Å². The molecular weight excluding hydrogens is 462 g/mol. The summed E-state index contributed by atoms with van der Waals surface area (Å²) >= 11 is 1.19. The topological polar surface area (TPSA) is 90.3 Å². The van der Waals surface area contributed by atoms with E-state index in [9.17, 15) is 14.4 Å². The molecule has 0 radical (unpaired) electrons. The lowest BCUT2D eigenvalue weighted by Crippen LogP contribution is -2.25. The van der Waals surface area contributed by atoms with Crippen LogP contribution in [0.2, 0.25) is 0 Å². The van der Waals surface area contributed by atoms with Gasteiger partial charge in [0.15, 0.2) is 5.69 Å². The van der Waals surface area contributed by atoms with E-state index in [1.54, 1.807) is 12.3 Å². The van der Waals surface area contributed by atoms with Gasteiger partial charge in [0.05, 0.1) is 12.3 Å². The van der Waals surface area contributed by atoms with E-state index in [0.29, 0.717) is 10.6 Å². The summed E-state index contributed by atoms with van der Waals surface area (Å²) in [6.07, 6.45) is 2.42. The molecule has 0 bridgehead atoms. The molecular formula is C27H25N3O4S. The molecule has 0 aliphatic rings. The van der Waals surface area contributed by atoms with Gasteiger partial charge >= 0.3 is 5.97 Å². The van der Waals surface area contributed by atoms with E-state index in [4.69, 9.17) is 4.74 Å². The van der Waals surface area contributed by atoms with Crippen LogP contribution in [0.5, 0.6) is 0 Å². The van der Waals surface area contributed by atoms with Crippen LogP contribution in [0.15, 0.2) is 71.0 Å². The molecule has 0 saturated heterocycles. The molecule has 178 valence electrons. The minimum Gasteiger partial charge on any atom is -0.462 e. The Bertz CT molecular complexity index is 1420. The van der Waals surface area contributed by atoms with Crippen molar-refractivity contribution in [1.29, 1.82) is 0 Å². The number of carbonyl (C=O) groups excluding carboxylic acids is 2. The van der Waals surface area contributed by atoms with Crippen LogP contribution in [0.3, 0.4) is 0 Å². The molecule has 7 nitrogen and oxygen atoms in total. The zero-order valence-electron chi connectivity index (χ0n) is 19.7. The number of esters is 1. The predicted molar refractivity (Wildman–Crippen MR) is 138 cm³/mol. The Hall–Kier alpha value is -4.04. The number of carbonyl (C=O) groups is 2. The lowest BCUT2D eigenvalue weighted by molar-refractivity contribution is 0.0529. The first kappa shape index (κ1) is 24.1. The summed E-state index contributed by atoms with van der Waals surface area (Å²) in [5.41, 5.74) is 3.92. The van der Waals surface area contributed by atoms with E-state index in [0.717, 1.165) is 23.2 Å². The Morgan fingerprint density at radius 1 is 1.03 bits per heavy atom. The average Bonchev–Trinajstić information content (AvgIpc) is 3.28. The molecule has 0 aliphatic heterocycles. The molecule has 0 fully saturated rings. The predicted octanol–water partition coefficient (Wildman–Crippen LogP) is 5.26. The van der Waals surface area contributed by atoms with Crippen molar-refractivity contribution in [2.45, 2.75) is 27.2 Å². The summed E-state index contributed by atoms with van der Waals surface area (Å²) in [7, 11) is 0. The van der Waals surface area contributed by atoms with Crippen LogP contribution in [0.1, 0.15) is 45.8 Å². The number of hydrogen-bond donors (Lipinski definition) is 1. The number of hydrogen-bond acceptors (Lipinski definition) is 6. The number of nitrogens with one attached hydrogen (secondary N) is 1. The normalized spacial score (nSPS) is 10.7. The lowest BCUT2D eigenvalue weighted by atomic mass is 10.0. The van der Waals surface area contributed by atoms with Gasteiger partial charge in [-0.25, -0.2) is 9.48 Å². The maximum atomic E-state index is 13.1. The average molecular weight is 488 g/mol. The molecule has 35 heavy (non-hydrogen) atoms. The summed E-state index contributed by atoms with van der Waals surface area (Å²) in [5, 5.41) is 9.06. The maximum Gasteiger partial charge on any atom is 0.341 e. The second-order valence-corrected chi connectivity index (χ2v) is 8.77. The van der Waals surface area contributed by atoms with Crippen molar-refractivity contribution in [3.8, 4) is 16.8 Å². The van der Waals surface area contributed by atoms with Crippen molar-refractivity contribution in [2.24, 2.45) is 0 Å². The van der Waals surface area contributed by atoms with E-state index >= 15 is 0 Å². The van der Waals surface area contributed by atoms with Crippen LogP contribution >= 0.6 is 11.3 Å². The van der Waals surface area contributed by atoms with Gasteiger partial charge in [-0.2, -0.15) is 5.10 Å². The van der Waals surface area contributed by atoms with E-state index in [-0.39, 0.29) is 17.9 Å². The number of thiophene rings is 1. The van der Waals surface area contributed by atoms with Crippen LogP contribution in [-0.4, -0.2) is 28.3 Å². The second kappa shape index (κ2) is 10.5. The Morgan fingerprint density at radius 3 is 2.40 bits per heavy atom. The molecule has 1 amide bonds. The minimum atomic E-state index is -0.697. The molecule has 2 heterocycles. The van der Waals surface area contributed by atoms with Crippen molar-refractivity contribution in [3.63, 3.8) is 0 Å².